The third kappa shape index (κ3) is 2.26. The number of thiophene rings is 1. The van der Waals surface area contributed by atoms with Gasteiger partial charge in [-0.1, -0.05) is 24.3 Å². The minimum absolute atomic E-state index is 0.955. The molecule has 2 aromatic heterocycles. The minimum Gasteiger partial charge on any atom is -0.235 e. The first-order valence-electron chi connectivity index (χ1n) is 5.70. The lowest BCUT2D eigenvalue weighted by molar-refractivity contribution is 1.11. The fourth-order valence-electron chi connectivity index (χ4n) is 1.79. The Morgan fingerprint density at radius 2 is 2.06 bits per heavy atom. The number of nitrogens with zero attached hydrogens (tertiary/aromatic N) is 2. The Balaban J connectivity index is 1.85. The second-order valence-electron chi connectivity index (χ2n) is 4.03. The molecule has 2 nitrogen and oxygen atoms in total. The Labute approximate surface area is 114 Å². The van der Waals surface area contributed by atoms with E-state index in [-0.39, 0.29) is 0 Å². The third-order valence-electron chi connectivity index (χ3n) is 2.84. The van der Waals surface area contributed by atoms with Gasteiger partial charge in [0.15, 0.2) is 0 Å². The molecule has 0 aliphatic rings. The predicted octanol–water partition coefficient (Wildman–Crippen LogP) is 4.29. The van der Waals surface area contributed by atoms with Gasteiger partial charge in [0.1, 0.15) is 11.4 Å². The van der Waals surface area contributed by atoms with E-state index in [0.29, 0.717) is 0 Å². The maximum Gasteiger partial charge on any atom is 0.118 e. The highest BCUT2D eigenvalue weighted by atomic mass is 32.2. The van der Waals surface area contributed by atoms with Crippen molar-refractivity contribution in [1.29, 1.82) is 0 Å². The van der Waals surface area contributed by atoms with Crippen molar-refractivity contribution in [3.63, 3.8) is 0 Å². The molecule has 90 valence electrons. The summed E-state index contributed by atoms with van der Waals surface area (Å²) >= 11 is 3.49. The van der Waals surface area contributed by atoms with E-state index in [1.54, 1.807) is 29.4 Å². The van der Waals surface area contributed by atoms with Gasteiger partial charge in [0.2, 0.25) is 0 Å². The van der Waals surface area contributed by atoms with E-state index in [2.05, 4.69) is 46.5 Å². The Morgan fingerprint density at radius 1 is 1.17 bits per heavy atom. The number of fused-ring (bicyclic) bond motifs is 1. The first kappa shape index (κ1) is 11.7. The average molecular weight is 272 g/mol. The van der Waals surface area contributed by atoms with Gasteiger partial charge in [-0.2, -0.15) is 0 Å². The first-order chi connectivity index (χ1) is 8.84. The molecule has 0 saturated carbocycles. The van der Waals surface area contributed by atoms with Gasteiger partial charge in [-0.15, -0.1) is 23.1 Å². The number of rotatable bonds is 3. The van der Waals surface area contributed by atoms with Crippen molar-refractivity contribution in [2.45, 2.75) is 17.7 Å². The standard InChI is InChI=1S/C14H12N2S2/c1-10-4-2-3-5-11(10)8-18-14-13-12(6-7-17-13)15-9-16-14/h2-7,9H,8H2,1H3. The Bertz CT molecular complexity index is 676. The van der Waals surface area contributed by atoms with E-state index in [9.17, 15) is 0 Å². The highest BCUT2D eigenvalue weighted by Crippen LogP contribution is 2.31. The molecule has 3 rings (SSSR count). The fourth-order valence-corrected chi connectivity index (χ4v) is 3.81. The van der Waals surface area contributed by atoms with Gasteiger partial charge in [-0.3, -0.25) is 0 Å². The first-order valence-corrected chi connectivity index (χ1v) is 7.56. The summed E-state index contributed by atoms with van der Waals surface area (Å²) in [4.78, 5) is 8.65. The van der Waals surface area contributed by atoms with E-state index in [0.717, 1.165) is 16.3 Å². The lowest BCUT2D eigenvalue weighted by Gasteiger charge is -2.05. The zero-order valence-electron chi connectivity index (χ0n) is 9.96. The van der Waals surface area contributed by atoms with Gasteiger partial charge >= 0.3 is 0 Å². The van der Waals surface area contributed by atoms with E-state index >= 15 is 0 Å². The van der Waals surface area contributed by atoms with Crippen LogP contribution in [0.3, 0.4) is 0 Å². The summed E-state index contributed by atoms with van der Waals surface area (Å²) in [6.07, 6.45) is 1.65. The van der Waals surface area contributed by atoms with E-state index < -0.39 is 0 Å². The fraction of sp³-hybridized carbons (Fsp3) is 0.143. The van der Waals surface area contributed by atoms with Gasteiger partial charge in [-0.05, 0) is 29.5 Å². The molecule has 2 heterocycles. The second kappa shape index (κ2) is 5.08. The molecule has 0 spiro atoms. The monoisotopic (exact) mass is 272 g/mol. The van der Waals surface area contributed by atoms with Gasteiger partial charge in [0, 0.05) is 5.75 Å². The maximum absolute atomic E-state index is 4.39. The summed E-state index contributed by atoms with van der Waals surface area (Å²) in [5.41, 5.74) is 3.74. The molecule has 0 amide bonds. The van der Waals surface area contributed by atoms with Crippen molar-refractivity contribution in [2.24, 2.45) is 0 Å². The summed E-state index contributed by atoms with van der Waals surface area (Å²) in [6, 6.07) is 10.5. The summed E-state index contributed by atoms with van der Waals surface area (Å²) in [6.45, 7) is 2.15. The highest BCUT2D eigenvalue weighted by Gasteiger charge is 2.06. The number of hydrogen-bond acceptors (Lipinski definition) is 4. The van der Waals surface area contributed by atoms with Crippen molar-refractivity contribution < 1.29 is 0 Å². The number of thioether (sulfide) groups is 1. The largest absolute Gasteiger partial charge is 0.235 e. The molecule has 0 aliphatic heterocycles. The van der Waals surface area contributed by atoms with Gasteiger partial charge in [0.05, 0.1) is 10.2 Å². The van der Waals surface area contributed by atoms with Crippen molar-refractivity contribution in [1.82, 2.24) is 9.97 Å². The molecule has 0 radical (unpaired) electrons. The van der Waals surface area contributed by atoms with Crippen LogP contribution < -0.4 is 0 Å². The van der Waals surface area contributed by atoms with Crippen LogP contribution in [0, 0.1) is 6.92 Å². The van der Waals surface area contributed by atoms with Crippen LogP contribution in [0.5, 0.6) is 0 Å². The van der Waals surface area contributed by atoms with Crippen molar-refractivity contribution in [3.05, 3.63) is 53.2 Å². The van der Waals surface area contributed by atoms with Gasteiger partial charge in [-0.25, -0.2) is 9.97 Å². The number of benzene rings is 1. The summed E-state index contributed by atoms with van der Waals surface area (Å²) in [5, 5.41) is 3.15. The molecule has 18 heavy (non-hydrogen) atoms. The minimum atomic E-state index is 0.955. The van der Waals surface area contributed by atoms with Gasteiger partial charge < -0.3 is 0 Å². The Morgan fingerprint density at radius 3 is 2.94 bits per heavy atom. The smallest absolute Gasteiger partial charge is 0.118 e. The molecule has 0 fully saturated rings. The Hall–Kier alpha value is -1.39. The zero-order chi connectivity index (χ0) is 12.4. The van der Waals surface area contributed by atoms with Crippen LogP contribution in [0.1, 0.15) is 11.1 Å². The summed E-state index contributed by atoms with van der Waals surface area (Å²) in [7, 11) is 0. The van der Waals surface area contributed by atoms with Crippen LogP contribution in [-0.4, -0.2) is 9.97 Å². The average Bonchev–Trinajstić information content (AvgIpc) is 2.86. The third-order valence-corrected chi connectivity index (χ3v) is 4.91. The molecule has 0 atom stereocenters. The molecule has 0 unspecified atom stereocenters. The van der Waals surface area contributed by atoms with E-state index in [4.69, 9.17) is 0 Å². The second-order valence-corrected chi connectivity index (χ2v) is 5.91. The molecule has 1 aromatic carbocycles. The molecule has 0 N–H and O–H groups in total. The van der Waals surface area contributed by atoms with Crippen LogP contribution in [0.15, 0.2) is 47.1 Å². The van der Waals surface area contributed by atoms with Gasteiger partial charge in [0.25, 0.3) is 0 Å². The van der Waals surface area contributed by atoms with Crippen molar-refractivity contribution >= 4 is 33.3 Å². The van der Waals surface area contributed by atoms with Crippen LogP contribution in [-0.2, 0) is 5.75 Å². The van der Waals surface area contributed by atoms with E-state index in [1.165, 1.54) is 15.8 Å². The molecule has 4 heteroatoms. The molecule has 0 bridgehead atoms. The van der Waals surface area contributed by atoms with Crippen LogP contribution in [0.4, 0.5) is 0 Å². The maximum atomic E-state index is 4.39. The quantitative estimate of drug-likeness (QED) is 0.525. The summed E-state index contributed by atoms with van der Waals surface area (Å²) in [5.74, 6) is 0.955. The van der Waals surface area contributed by atoms with Crippen molar-refractivity contribution in [3.8, 4) is 0 Å². The normalized spacial score (nSPS) is 10.9. The number of aromatic nitrogens is 2. The number of hydrogen-bond donors (Lipinski definition) is 0. The summed E-state index contributed by atoms with van der Waals surface area (Å²) < 4.78 is 1.19. The topological polar surface area (TPSA) is 25.8 Å². The highest BCUT2D eigenvalue weighted by molar-refractivity contribution is 7.98. The molecule has 0 saturated heterocycles. The lowest BCUT2D eigenvalue weighted by Crippen LogP contribution is -1.87. The lowest BCUT2D eigenvalue weighted by atomic mass is 10.1. The number of aryl methyl sites for hydroxylation is 1. The predicted molar refractivity (Wildman–Crippen MR) is 78.2 cm³/mol. The van der Waals surface area contributed by atoms with Crippen LogP contribution >= 0.6 is 23.1 Å². The molecule has 3 aromatic rings. The molecule has 0 aliphatic carbocycles. The van der Waals surface area contributed by atoms with Crippen LogP contribution in [0.2, 0.25) is 0 Å². The zero-order valence-corrected chi connectivity index (χ0v) is 11.6. The van der Waals surface area contributed by atoms with E-state index in [1.807, 2.05) is 6.07 Å². The molecular formula is C14H12N2S2. The SMILES string of the molecule is Cc1ccccc1CSc1ncnc2ccsc12. The van der Waals surface area contributed by atoms with Crippen molar-refractivity contribution in [2.75, 3.05) is 0 Å². The Kier molecular flexibility index (Phi) is 3.30. The molecular weight excluding hydrogens is 260 g/mol. The van der Waals surface area contributed by atoms with Crippen LogP contribution in [0.25, 0.3) is 10.2 Å².